The summed E-state index contributed by atoms with van der Waals surface area (Å²) in [6, 6.07) is 14.3. The van der Waals surface area contributed by atoms with Gasteiger partial charge in [-0.25, -0.2) is 0 Å². The summed E-state index contributed by atoms with van der Waals surface area (Å²) >= 11 is 0. The van der Waals surface area contributed by atoms with Crippen molar-refractivity contribution in [3.8, 4) is 0 Å². The fourth-order valence-electron chi connectivity index (χ4n) is 2.57. The van der Waals surface area contributed by atoms with Crippen molar-refractivity contribution in [1.29, 1.82) is 0 Å². The third kappa shape index (κ3) is 6.51. The molecule has 28 heavy (non-hydrogen) atoms. The Morgan fingerprint density at radius 1 is 0.821 bits per heavy atom. The Labute approximate surface area is 165 Å². The molecule has 7 heteroatoms. The summed E-state index contributed by atoms with van der Waals surface area (Å²) in [5.41, 5.74) is 2.86. The molecule has 2 aromatic rings. The highest BCUT2D eigenvalue weighted by atomic mass is 16.2. The van der Waals surface area contributed by atoms with Gasteiger partial charge in [-0.2, -0.15) is 0 Å². The van der Waals surface area contributed by atoms with Gasteiger partial charge in [0.1, 0.15) is 0 Å². The molecule has 0 unspecified atom stereocenters. The number of anilines is 2. The topological polar surface area (TPSA) is 81.8 Å². The Morgan fingerprint density at radius 3 is 1.96 bits per heavy atom. The molecular weight excluding hydrogens is 356 g/mol. The number of nitrogens with zero attached hydrogens (tertiary/aromatic N) is 2. The molecule has 2 aromatic carbocycles. The van der Waals surface area contributed by atoms with E-state index >= 15 is 0 Å². The Hall–Kier alpha value is -3.19. The second-order valence-corrected chi connectivity index (χ2v) is 6.92. The lowest BCUT2D eigenvalue weighted by molar-refractivity contribution is -0.119. The zero-order chi connectivity index (χ0) is 20.7. The minimum atomic E-state index is -0.264. The largest absolute Gasteiger partial charge is 0.345 e. The second kappa shape index (κ2) is 9.66. The maximum Gasteiger partial charge on any atom is 0.253 e. The summed E-state index contributed by atoms with van der Waals surface area (Å²) in [7, 11) is 5.04. The van der Waals surface area contributed by atoms with Gasteiger partial charge in [-0.05, 0) is 44.3 Å². The van der Waals surface area contributed by atoms with E-state index in [1.54, 1.807) is 50.3 Å². The van der Waals surface area contributed by atoms with Crippen LogP contribution in [0, 0.1) is 6.92 Å². The quantitative estimate of drug-likeness (QED) is 0.769. The molecule has 0 saturated heterocycles. The summed E-state index contributed by atoms with van der Waals surface area (Å²) in [6.45, 7) is 2.11. The Kier molecular flexibility index (Phi) is 7.28. The first-order valence-corrected chi connectivity index (χ1v) is 8.91. The molecular formula is C21H26N4O3. The van der Waals surface area contributed by atoms with Crippen molar-refractivity contribution in [1.82, 2.24) is 9.80 Å². The van der Waals surface area contributed by atoms with Crippen molar-refractivity contribution in [2.45, 2.75) is 6.92 Å². The average Bonchev–Trinajstić information content (AvgIpc) is 2.62. The Balaban J connectivity index is 1.85. The van der Waals surface area contributed by atoms with Crippen LogP contribution >= 0.6 is 0 Å². The van der Waals surface area contributed by atoms with Gasteiger partial charge in [0.25, 0.3) is 5.91 Å². The van der Waals surface area contributed by atoms with E-state index in [9.17, 15) is 14.4 Å². The molecule has 0 spiro atoms. The first-order valence-electron chi connectivity index (χ1n) is 8.91. The highest BCUT2D eigenvalue weighted by molar-refractivity contribution is 5.97. The highest BCUT2D eigenvalue weighted by Gasteiger charge is 2.13. The van der Waals surface area contributed by atoms with Gasteiger partial charge in [0.2, 0.25) is 11.8 Å². The molecule has 0 heterocycles. The Morgan fingerprint density at radius 2 is 1.39 bits per heavy atom. The van der Waals surface area contributed by atoms with Crippen LogP contribution in [0.1, 0.15) is 15.9 Å². The average molecular weight is 382 g/mol. The van der Waals surface area contributed by atoms with E-state index in [1.165, 1.54) is 4.90 Å². The minimum Gasteiger partial charge on any atom is -0.345 e. The molecule has 7 nitrogen and oxygen atoms in total. The lowest BCUT2D eigenvalue weighted by Gasteiger charge is -2.16. The lowest BCUT2D eigenvalue weighted by Crippen LogP contribution is -2.36. The van der Waals surface area contributed by atoms with Crippen LogP contribution in [-0.2, 0) is 9.59 Å². The molecule has 0 bridgehead atoms. The number of likely N-dealkylation sites (N-methyl/N-ethyl adjacent to an activating group) is 1. The number of amides is 3. The SMILES string of the molecule is Cc1ccc(NC(=O)CN(C)CC(=O)Nc2cccc(C(=O)N(C)C)c2)cc1. The maximum absolute atomic E-state index is 12.2. The maximum atomic E-state index is 12.2. The van der Waals surface area contributed by atoms with Gasteiger partial charge in [0.15, 0.2) is 0 Å². The lowest BCUT2D eigenvalue weighted by atomic mass is 10.2. The fourth-order valence-corrected chi connectivity index (χ4v) is 2.57. The molecule has 0 aliphatic heterocycles. The molecule has 3 amide bonds. The van der Waals surface area contributed by atoms with Gasteiger partial charge in [-0.3, -0.25) is 19.3 Å². The van der Waals surface area contributed by atoms with Crippen LogP contribution in [0.3, 0.4) is 0 Å². The van der Waals surface area contributed by atoms with Gasteiger partial charge in [-0.1, -0.05) is 23.8 Å². The number of aryl methyl sites for hydroxylation is 1. The summed E-state index contributed by atoms with van der Waals surface area (Å²) in [5, 5.41) is 5.55. The summed E-state index contributed by atoms with van der Waals surface area (Å²) in [5.74, 6) is -0.598. The molecule has 0 atom stereocenters. The van der Waals surface area contributed by atoms with E-state index in [2.05, 4.69) is 10.6 Å². The van der Waals surface area contributed by atoms with E-state index < -0.39 is 0 Å². The van der Waals surface area contributed by atoms with Crippen molar-refractivity contribution in [3.05, 3.63) is 59.7 Å². The van der Waals surface area contributed by atoms with Crippen molar-refractivity contribution in [2.75, 3.05) is 44.9 Å². The van der Waals surface area contributed by atoms with Crippen LogP contribution in [0.5, 0.6) is 0 Å². The molecule has 0 fully saturated rings. The van der Waals surface area contributed by atoms with E-state index in [1.807, 2.05) is 31.2 Å². The molecule has 148 valence electrons. The number of benzene rings is 2. The highest BCUT2D eigenvalue weighted by Crippen LogP contribution is 2.12. The smallest absolute Gasteiger partial charge is 0.253 e. The van der Waals surface area contributed by atoms with Crippen LogP contribution in [0.2, 0.25) is 0 Å². The van der Waals surface area contributed by atoms with Crippen molar-refractivity contribution >= 4 is 29.1 Å². The summed E-state index contributed by atoms with van der Waals surface area (Å²) in [4.78, 5) is 39.4. The number of hydrogen-bond donors (Lipinski definition) is 2. The van der Waals surface area contributed by atoms with Crippen LogP contribution in [0.25, 0.3) is 0 Å². The minimum absolute atomic E-state index is 0.0488. The predicted octanol–water partition coefficient (Wildman–Crippen LogP) is 2.21. The summed E-state index contributed by atoms with van der Waals surface area (Å²) in [6.07, 6.45) is 0. The van der Waals surface area contributed by atoms with Crippen LogP contribution in [-0.4, -0.2) is 61.8 Å². The number of nitrogens with one attached hydrogen (secondary N) is 2. The zero-order valence-corrected chi connectivity index (χ0v) is 16.7. The molecule has 0 saturated carbocycles. The van der Waals surface area contributed by atoms with Gasteiger partial charge in [-0.15, -0.1) is 0 Å². The van der Waals surface area contributed by atoms with E-state index in [-0.39, 0.29) is 30.8 Å². The third-order valence-electron chi connectivity index (χ3n) is 3.96. The van der Waals surface area contributed by atoms with E-state index in [0.29, 0.717) is 11.3 Å². The van der Waals surface area contributed by atoms with Crippen LogP contribution in [0.4, 0.5) is 11.4 Å². The zero-order valence-electron chi connectivity index (χ0n) is 16.7. The molecule has 0 aromatic heterocycles. The molecule has 2 rings (SSSR count). The Bertz CT molecular complexity index is 847. The molecule has 0 aliphatic carbocycles. The monoisotopic (exact) mass is 382 g/mol. The van der Waals surface area contributed by atoms with E-state index in [0.717, 1.165) is 11.3 Å². The first-order chi connectivity index (χ1) is 13.2. The van der Waals surface area contributed by atoms with Crippen LogP contribution < -0.4 is 10.6 Å². The van der Waals surface area contributed by atoms with Gasteiger partial charge < -0.3 is 15.5 Å². The number of rotatable bonds is 7. The molecule has 0 aliphatic rings. The first kappa shape index (κ1) is 21.1. The van der Waals surface area contributed by atoms with Gasteiger partial charge in [0.05, 0.1) is 13.1 Å². The van der Waals surface area contributed by atoms with Gasteiger partial charge >= 0.3 is 0 Å². The van der Waals surface area contributed by atoms with Crippen molar-refractivity contribution < 1.29 is 14.4 Å². The van der Waals surface area contributed by atoms with Gasteiger partial charge in [0, 0.05) is 31.0 Å². The normalized spacial score (nSPS) is 10.5. The fraction of sp³-hybridized carbons (Fsp3) is 0.286. The molecule has 2 N–H and O–H groups in total. The third-order valence-corrected chi connectivity index (χ3v) is 3.96. The van der Waals surface area contributed by atoms with Crippen molar-refractivity contribution in [2.24, 2.45) is 0 Å². The number of hydrogen-bond acceptors (Lipinski definition) is 4. The predicted molar refractivity (Wildman–Crippen MR) is 110 cm³/mol. The van der Waals surface area contributed by atoms with Crippen LogP contribution in [0.15, 0.2) is 48.5 Å². The number of carbonyl (C=O) groups excluding carboxylic acids is 3. The summed E-state index contributed by atoms with van der Waals surface area (Å²) < 4.78 is 0. The molecule has 0 radical (unpaired) electrons. The standard InChI is InChI=1S/C21H26N4O3/c1-15-8-10-17(11-9-15)22-19(26)13-25(4)14-20(27)23-18-7-5-6-16(12-18)21(28)24(2)3/h5-12H,13-14H2,1-4H3,(H,22,26)(H,23,27). The second-order valence-electron chi connectivity index (χ2n) is 6.92. The number of carbonyl (C=O) groups is 3. The van der Waals surface area contributed by atoms with Crippen molar-refractivity contribution in [3.63, 3.8) is 0 Å². The van der Waals surface area contributed by atoms with E-state index in [4.69, 9.17) is 0 Å².